The van der Waals surface area contributed by atoms with Crippen molar-refractivity contribution in [3.8, 4) is 0 Å². The van der Waals surface area contributed by atoms with Gasteiger partial charge < -0.3 is 9.73 Å². The third-order valence-electron chi connectivity index (χ3n) is 2.23. The lowest BCUT2D eigenvalue weighted by molar-refractivity contribution is 0.0950. The van der Waals surface area contributed by atoms with Crippen LogP contribution in [-0.2, 0) is 6.54 Å². The van der Waals surface area contributed by atoms with Gasteiger partial charge in [0.25, 0.3) is 5.91 Å². The maximum absolute atomic E-state index is 11.9. The largest absolute Gasteiger partial charge is 0.472 e. The van der Waals surface area contributed by atoms with Crippen molar-refractivity contribution in [2.45, 2.75) is 11.4 Å². The number of rotatable bonds is 3. The summed E-state index contributed by atoms with van der Waals surface area (Å²) in [6.45, 7) is 0.443. The van der Waals surface area contributed by atoms with E-state index in [0.717, 1.165) is 14.9 Å². The highest BCUT2D eigenvalue weighted by Gasteiger charge is 2.10. The van der Waals surface area contributed by atoms with E-state index in [1.54, 1.807) is 24.7 Å². The van der Waals surface area contributed by atoms with E-state index in [1.165, 1.54) is 0 Å². The number of furan rings is 1. The Kier molecular flexibility index (Phi) is 3.91. The molecule has 1 amide bonds. The van der Waals surface area contributed by atoms with Gasteiger partial charge in [0, 0.05) is 21.5 Å². The molecule has 1 aromatic carbocycles. The first-order chi connectivity index (χ1) is 8.16. The minimum absolute atomic E-state index is 0.144. The molecule has 0 aliphatic heterocycles. The summed E-state index contributed by atoms with van der Waals surface area (Å²) in [7, 11) is 0. The number of nitrogens with one attached hydrogen (secondary N) is 1. The molecule has 0 bridgehead atoms. The molecule has 0 spiro atoms. The van der Waals surface area contributed by atoms with Gasteiger partial charge in [-0.25, -0.2) is 0 Å². The number of thiol groups is 1. The van der Waals surface area contributed by atoms with E-state index in [-0.39, 0.29) is 5.91 Å². The highest BCUT2D eigenvalue weighted by molar-refractivity contribution is 9.10. The topological polar surface area (TPSA) is 42.2 Å². The van der Waals surface area contributed by atoms with Crippen LogP contribution in [0.4, 0.5) is 0 Å². The van der Waals surface area contributed by atoms with Crippen molar-refractivity contribution >= 4 is 34.5 Å². The van der Waals surface area contributed by atoms with Gasteiger partial charge in [-0.05, 0) is 40.2 Å². The van der Waals surface area contributed by atoms with Crippen molar-refractivity contribution < 1.29 is 9.21 Å². The second kappa shape index (κ2) is 5.42. The summed E-state index contributed by atoms with van der Waals surface area (Å²) in [6.07, 6.45) is 3.18. The molecule has 0 fully saturated rings. The molecule has 1 heterocycles. The Morgan fingerprint density at radius 2 is 2.24 bits per heavy atom. The normalized spacial score (nSPS) is 10.2. The molecule has 0 saturated heterocycles. The summed E-state index contributed by atoms with van der Waals surface area (Å²) in [5.74, 6) is -0.144. The molecule has 0 saturated carbocycles. The molecular weight excluding hydrogens is 302 g/mol. The Morgan fingerprint density at radius 3 is 2.94 bits per heavy atom. The van der Waals surface area contributed by atoms with Crippen molar-refractivity contribution in [2.24, 2.45) is 0 Å². The maximum atomic E-state index is 11.9. The first-order valence-electron chi connectivity index (χ1n) is 4.94. The standard InChI is InChI=1S/C12H10BrNO2S/c13-11-2-1-9(17)5-10(11)12(15)14-6-8-3-4-16-7-8/h1-5,7,17H,6H2,(H,14,15). The Balaban J connectivity index is 2.07. The van der Waals surface area contributed by atoms with Gasteiger partial charge in [-0.15, -0.1) is 12.6 Å². The molecule has 2 rings (SSSR count). The number of benzene rings is 1. The third-order valence-corrected chi connectivity index (χ3v) is 3.20. The molecule has 0 unspecified atom stereocenters. The minimum Gasteiger partial charge on any atom is -0.472 e. The molecule has 0 aliphatic rings. The van der Waals surface area contributed by atoms with Crippen LogP contribution in [0.1, 0.15) is 15.9 Å². The minimum atomic E-state index is -0.144. The Morgan fingerprint density at radius 1 is 1.41 bits per heavy atom. The Bertz CT molecular complexity index is 525. The number of hydrogen-bond acceptors (Lipinski definition) is 3. The average molecular weight is 312 g/mol. The van der Waals surface area contributed by atoms with Gasteiger partial charge in [-0.3, -0.25) is 4.79 Å². The predicted octanol–water partition coefficient (Wildman–Crippen LogP) is 3.26. The van der Waals surface area contributed by atoms with Gasteiger partial charge in [-0.2, -0.15) is 0 Å². The van der Waals surface area contributed by atoms with Crippen LogP contribution in [-0.4, -0.2) is 5.91 Å². The van der Waals surface area contributed by atoms with Crippen molar-refractivity contribution in [1.29, 1.82) is 0 Å². The van der Waals surface area contributed by atoms with Gasteiger partial charge in [0.05, 0.1) is 18.1 Å². The highest BCUT2D eigenvalue weighted by atomic mass is 79.9. The molecular formula is C12H10BrNO2S. The molecule has 17 heavy (non-hydrogen) atoms. The highest BCUT2D eigenvalue weighted by Crippen LogP contribution is 2.20. The van der Waals surface area contributed by atoms with Crippen LogP contribution < -0.4 is 5.32 Å². The number of carbonyl (C=O) groups excluding carboxylic acids is 1. The lowest BCUT2D eigenvalue weighted by atomic mass is 10.2. The first kappa shape index (κ1) is 12.3. The lowest BCUT2D eigenvalue weighted by Gasteiger charge is -2.06. The number of carbonyl (C=O) groups is 1. The molecule has 0 radical (unpaired) electrons. The quantitative estimate of drug-likeness (QED) is 0.854. The monoisotopic (exact) mass is 311 g/mol. The molecule has 2 aromatic rings. The van der Waals surface area contributed by atoms with Gasteiger partial charge in [0.15, 0.2) is 0 Å². The second-order valence-corrected chi connectivity index (χ2v) is 4.85. The molecule has 5 heteroatoms. The van der Waals surface area contributed by atoms with Gasteiger partial charge in [0.2, 0.25) is 0 Å². The van der Waals surface area contributed by atoms with Crippen molar-refractivity contribution in [3.63, 3.8) is 0 Å². The third kappa shape index (κ3) is 3.14. The van der Waals surface area contributed by atoms with Crippen LogP contribution in [0.3, 0.4) is 0 Å². The summed E-state index contributed by atoms with van der Waals surface area (Å²) in [4.78, 5) is 12.7. The van der Waals surface area contributed by atoms with E-state index in [2.05, 4.69) is 33.9 Å². The fourth-order valence-corrected chi connectivity index (χ4v) is 1.99. The fourth-order valence-electron chi connectivity index (χ4n) is 1.36. The summed E-state index contributed by atoms with van der Waals surface area (Å²) < 4.78 is 5.67. The Hall–Kier alpha value is -1.20. The number of hydrogen-bond donors (Lipinski definition) is 2. The van der Waals surface area contributed by atoms with Gasteiger partial charge >= 0.3 is 0 Å². The number of halogens is 1. The van der Waals surface area contributed by atoms with Gasteiger partial charge in [-0.1, -0.05) is 0 Å². The van der Waals surface area contributed by atoms with E-state index in [0.29, 0.717) is 12.1 Å². The molecule has 3 nitrogen and oxygen atoms in total. The molecule has 1 N–H and O–H groups in total. The van der Waals surface area contributed by atoms with Crippen LogP contribution in [0.15, 0.2) is 50.6 Å². The summed E-state index contributed by atoms with van der Waals surface area (Å²) in [6, 6.07) is 7.15. The molecule has 0 aliphatic carbocycles. The summed E-state index contributed by atoms with van der Waals surface area (Å²) >= 11 is 7.54. The van der Waals surface area contributed by atoms with Crippen LogP contribution in [0.25, 0.3) is 0 Å². The first-order valence-corrected chi connectivity index (χ1v) is 6.18. The zero-order valence-corrected chi connectivity index (χ0v) is 11.3. The van der Waals surface area contributed by atoms with E-state index in [4.69, 9.17) is 4.42 Å². The second-order valence-electron chi connectivity index (χ2n) is 3.48. The van der Waals surface area contributed by atoms with Crippen molar-refractivity contribution in [2.75, 3.05) is 0 Å². The zero-order valence-electron chi connectivity index (χ0n) is 8.81. The summed E-state index contributed by atoms with van der Waals surface area (Å²) in [5, 5.41) is 2.81. The molecule has 0 atom stereocenters. The van der Waals surface area contributed by atoms with E-state index in [1.807, 2.05) is 12.1 Å². The lowest BCUT2D eigenvalue weighted by Crippen LogP contribution is -2.22. The summed E-state index contributed by atoms with van der Waals surface area (Å²) in [5.41, 5.74) is 1.50. The maximum Gasteiger partial charge on any atom is 0.252 e. The average Bonchev–Trinajstić information content (AvgIpc) is 2.82. The molecule has 88 valence electrons. The van der Waals surface area contributed by atoms with Crippen molar-refractivity contribution in [1.82, 2.24) is 5.32 Å². The fraction of sp³-hybridized carbons (Fsp3) is 0.0833. The van der Waals surface area contributed by atoms with Crippen LogP contribution in [0.2, 0.25) is 0 Å². The van der Waals surface area contributed by atoms with Gasteiger partial charge in [0.1, 0.15) is 0 Å². The molecule has 1 aromatic heterocycles. The van der Waals surface area contributed by atoms with E-state index < -0.39 is 0 Å². The predicted molar refractivity (Wildman–Crippen MR) is 71.3 cm³/mol. The van der Waals surface area contributed by atoms with Crippen LogP contribution in [0.5, 0.6) is 0 Å². The van der Waals surface area contributed by atoms with E-state index in [9.17, 15) is 4.79 Å². The van der Waals surface area contributed by atoms with Crippen molar-refractivity contribution in [3.05, 3.63) is 52.4 Å². The number of amides is 1. The van der Waals surface area contributed by atoms with Crippen LogP contribution >= 0.6 is 28.6 Å². The Labute approximate surface area is 113 Å². The SMILES string of the molecule is O=C(NCc1ccoc1)c1cc(S)ccc1Br. The smallest absolute Gasteiger partial charge is 0.252 e. The zero-order chi connectivity index (χ0) is 12.3. The van der Waals surface area contributed by atoms with E-state index >= 15 is 0 Å². The van der Waals surface area contributed by atoms with Crippen LogP contribution in [0, 0.1) is 0 Å².